The number of hydrogen-bond acceptors (Lipinski definition) is 5. The van der Waals surface area contributed by atoms with Gasteiger partial charge in [0.05, 0.1) is 12.1 Å². The van der Waals surface area contributed by atoms with E-state index in [-0.39, 0.29) is 18.2 Å². The molecule has 0 aliphatic carbocycles. The van der Waals surface area contributed by atoms with Crippen molar-refractivity contribution in [3.63, 3.8) is 0 Å². The Labute approximate surface area is 285 Å². The Morgan fingerprint density at radius 1 is 0.854 bits per heavy atom. The molecule has 48 heavy (non-hydrogen) atoms. The molecule has 0 bridgehead atoms. The highest BCUT2D eigenvalue weighted by atomic mass is 32.1. The summed E-state index contributed by atoms with van der Waals surface area (Å²) in [6.07, 6.45) is 3.73. The minimum Gasteiger partial charge on any atom is -0.344 e. The Kier molecular flexibility index (Phi) is 9.18. The van der Waals surface area contributed by atoms with Gasteiger partial charge in [-0.1, -0.05) is 113 Å². The van der Waals surface area contributed by atoms with Crippen molar-refractivity contribution in [1.82, 2.24) is 19.6 Å². The van der Waals surface area contributed by atoms with Gasteiger partial charge in [0.25, 0.3) is 0 Å². The van der Waals surface area contributed by atoms with Gasteiger partial charge in [-0.25, -0.2) is 4.98 Å². The number of imidazole rings is 1. The summed E-state index contributed by atoms with van der Waals surface area (Å²) in [5.41, 5.74) is 9.40. The minimum atomic E-state index is -0.722. The lowest BCUT2D eigenvalue weighted by Gasteiger charge is -2.26. The van der Waals surface area contributed by atoms with Gasteiger partial charge in [0, 0.05) is 60.5 Å². The quantitative estimate of drug-likeness (QED) is 0.165. The number of carbonyl (C=O) groups excluding carboxylic acids is 2. The van der Waals surface area contributed by atoms with Gasteiger partial charge in [-0.15, -0.1) is 0 Å². The number of carbonyl (C=O) groups is 2. The first kappa shape index (κ1) is 31.5. The molecule has 1 atom stereocenters. The van der Waals surface area contributed by atoms with E-state index in [1.54, 1.807) is 11.3 Å². The molecule has 0 unspecified atom stereocenters. The van der Waals surface area contributed by atoms with E-state index in [0.717, 1.165) is 64.5 Å². The standard InChI is InChI=1S/C40H39N5O2S/c1-27-19-28(2)21-31(20-27)23-38(46)42-34(22-29-9-5-3-6-10-29)39(47)41-33-15-13-32(14-16-33)35-25-45-36-17-18-44(24-30-11-7-4-8-12-30)26-37(36)48-40(45)43-35/h3-16,19-21,25,34H,17-18,22-24,26H2,1-2H3,(H,41,47)(H,42,46)/t34-/m1/s1. The van der Waals surface area contributed by atoms with E-state index in [1.165, 1.54) is 16.1 Å². The second-order valence-electron chi connectivity index (χ2n) is 12.7. The number of hydrogen-bond donors (Lipinski definition) is 2. The third-order valence-electron chi connectivity index (χ3n) is 8.81. The highest BCUT2D eigenvalue weighted by molar-refractivity contribution is 7.17. The van der Waals surface area contributed by atoms with Crippen LogP contribution >= 0.6 is 11.3 Å². The predicted octanol–water partition coefficient (Wildman–Crippen LogP) is 7.15. The van der Waals surface area contributed by atoms with Crippen LogP contribution in [0.25, 0.3) is 16.2 Å². The van der Waals surface area contributed by atoms with E-state index >= 15 is 0 Å². The maximum Gasteiger partial charge on any atom is 0.247 e. The molecule has 2 N–H and O–H groups in total. The molecule has 1 aliphatic heterocycles. The first-order valence-corrected chi connectivity index (χ1v) is 17.3. The van der Waals surface area contributed by atoms with Crippen molar-refractivity contribution in [2.45, 2.75) is 52.2 Å². The topological polar surface area (TPSA) is 78.7 Å². The number of rotatable bonds is 10. The third kappa shape index (κ3) is 7.40. The summed E-state index contributed by atoms with van der Waals surface area (Å²) in [5.74, 6) is -0.437. The molecule has 0 saturated carbocycles. The Balaban J connectivity index is 1.02. The minimum absolute atomic E-state index is 0.183. The first-order valence-electron chi connectivity index (χ1n) is 16.4. The van der Waals surface area contributed by atoms with Crippen LogP contribution in [-0.2, 0) is 41.9 Å². The number of aryl methyl sites for hydroxylation is 2. The molecule has 0 radical (unpaired) electrons. The highest BCUT2D eigenvalue weighted by Crippen LogP contribution is 2.32. The lowest BCUT2D eigenvalue weighted by molar-refractivity contribution is -0.126. The number of benzene rings is 4. The molecule has 0 fully saturated rings. The normalized spacial score (nSPS) is 13.6. The van der Waals surface area contributed by atoms with Crippen molar-refractivity contribution in [3.05, 3.63) is 148 Å². The smallest absolute Gasteiger partial charge is 0.247 e. The Hall–Kier alpha value is -5.05. The van der Waals surface area contributed by atoms with E-state index < -0.39 is 6.04 Å². The lowest BCUT2D eigenvalue weighted by Crippen LogP contribution is -2.45. The highest BCUT2D eigenvalue weighted by Gasteiger charge is 2.24. The van der Waals surface area contributed by atoms with Crippen LogP contribution in [-0.4, -0.2) is 38.7 Å². The molecular formula is C40H39N5O2S. The van der Waals surface area contributed by atoms with Crippen molar-refractivity contribution < 1.29 is 9.59 Å². The zero-order valence-electron chi connectivity index (χ0n) is 27.3. The zero-order chi connectivity index (χ0) is 33.0. The van der Waals surface area contributed by atoms with Crippen molar-refractivity contribution >= 4 is 33.8 Å². The molecule has 0 saturated heterocycles. The molecule has 242 valence electrons. The molecule has 3 heterocycles. The van der Waals surface area contributed by atoms with E-state index in [1.807, 2.05) is 80.6 Å². The average Bonchev–Trinajstić information content (AvgIpc) is 3.63. The van der Waals surface area contributed by atoms with Gasteiger partial charge >= 0.3 is 0 Å². The van der Waals surface area contributed by atoms with Gasteiger partial charge in [-0.2, -0.15) is 0 Å². The number of fused-ring (bicyclic) bond motifs is 3. The molecular weight excluding hydrogens is 615 g/mol. The number of thiazole rings is 1. The molecule has 8 heteroatoms. The van der Waals surface area contributed by atoms with Gasteiger partial charge in [-0.3, -0.25) is 18.9 Å². The van der Waals surface area contributed by atoms with Crippen LogP contribution in [0.3, 0.4) is 0 Å². The molecule has 0 spiro atoms. The molecule has 4 aromatic carbocycles. The number of anilines is 1. The molecule has 2 amide bonds. The van der Waals surface area contributed by atoms with Gasteiger partial charge in [0.2, 0.25) is 11.8 Å². The Morgan fingerprint density at radius 3 is 2.25 bits per heavy atom. The number of nitrogens with one attached hydrogen (secondary N) is 2. The summed E-state index contributed by atoms with van der Waals surface area (Å²) < 4.78 is 2.25. The molecule has 1 aliphatic rings. The monoisotopic (exact) mass is 653 g/mol. The van der Waals surface area contributed by atoms with Crippen LogP contribution in [0.2, 0.25) is 0 Å². The van der Waals surface area contributed by atoms with Crippen LogP contribution in [0.5, 0.6) is 0 Å². The summed E-state index contributed by atoms with van der Waals surface area (Å²) in [6.45, 7) is 6.97. The van der Waals surface area contributed by atoms with Crippen molar-refractivity contribution in [1.29, 1.82) is 0 Å². The van der Waals surface area contributed by atoms with Crippen LogP contribution in [0.1, 0.15) is 38.4 Å². The van der Waals surface area contributed by atoms with Crippen LogP contribution in [0.15, 0.2) is 109 Å². The van der Waals surface area contributed by atoms with Crippen LogP contribution in [0, 0.1) is 13.8 Å². The fourth-order valence-electron chi connectivity index (χ4n) is 6.59. The zero-order valence-corrected chi connectivity index (χ0v) is 28.1. The Morgan fingerprint density at radius 2 is 1.54 bits per heavy atom. The number of amides is 2. The second kappa shape index (κ2) is 14.0. The van der Waals surface area contributed by atoms with Crippen LogP contribution in [0.4, 0.5) is 5.69 Å². The van der Waals surface area contributed by atoms with Crippen molar-refractivity contribution in [2.75, 3.05) is 11.9 Å². The summed E-state index contributed by atoms with van der Waals surface area (Å²) in [4.78, 5) is 36.6. The third-order valence-corrected chi connectivity index (χ3v) is 9.89. The van der Waals surface area contributed by atoms with E-state index in [4.69, 9.17) is 4.98 Å². The summed E-state index contributed by atoms with van der Waals surface area (Å²) in [5, 5.41) is 6.03. The number of nitrogens with zero attached hydrogens (tertiary/aromatic N) is 3. The van der Waals surface area contributed by atoms with E-state index in [0.29, 0.717) is 12.1 Å². The Bertz CT molecular complexity index is 2030. The fraction of sp³-hybridized carbons (Fsp3) is 0.225. The first-order chi connectivity index (χ1) is 23.4. The van der Waals surface area contributed by atoms with Gasteiger partial charge in [0.1, 0.15) is 6.04 Å². The van der Waals surface area contributed by atoms with E-state index in [9.17, 15) is 9.59 Å². The van der Waals surface area contributed by atoms with E-state index in [2.05, 4.69) is 62.5 Å². The summed E-state index contributed by atoms with van der Waals surface area (Å²) in [7, 11) is 0. The molecule has 6 aromatic rings. The summed E-state index contributed by atoms with van der Waals surface area (Å²) in [6, 6.07) is 33.6. The summed E-state index contributed by atoms with van der Waals surface area (Å²) >= 11 is 1.77. The largest absolute Gasteiger partial charge is 0.344 e. The molecule has 7 nitrogen and oxygen atoms in total. The van der Waals surface area contributed by atoms with Gasteiger partial charge in [-0.05, 0) is 42.7 Å². The maximum atomic E-state index is 13.6. The van der Waals surface area contributed by atoms with Gasteiger partial charge in [0.15, 0.2) is 4.96 Å². The average molecular weight is 654 g/mol. The predicted molar refractivity (Wildman–Crippen MR) is 193 cm³/mol. The second-order valence-corrected chi connectivity index (χ2v) is 13.8. The van der Waals surface area contributed by atoms with Crippen molar-refractivity contribution in [2.24, 2.45) is 0 Å². The molecule has 7 rings (SSSR count). The number of aromatic nitrogens is 2. The lowest BCUT2D eigenvalue weighted by atomic mass is 10.0. The van der Waals surface area contributed by atoms with Crippen molar-refractivity contribution in [3.8, 4) is 11.3 Å². The van der Waals surface area contributed by atoms with Gasteiger partial charge < -0.3 is 10.6 Å². The van der Waals surface area contributed by atoms with Crippen LogP contribution < -0.4 is 10.6 Å². The molecule has 2 aromatic heterocycles. The SMILES string of the molecule is Cc1cc(C)cc(CC(=O)N[C@H](Cc2ccccc2)C(=O)Nc2ccc(-c3cn4c5c(sc4n3)CN(Cc3ccccc3)CC5)cc2)c1. The maximum absolute atomic E-state index is 13.6. The fourth-order valence-corrected chi connectivity index (χ4v) is 7.78.